The summed E-state index contributed by atoms with van der Waals surface area (Å²) in [6, 6.07) is 0. The van der Waals surface area contributed by atoms with Crippen molar-refractivity contribution in [2.45, 2.75) is 53.9 Å². The van der Waals surface area contributed by atoms with Gasteiger partial charge >= 0.3 is 5.97 Å². The summed E-state index contributed by atoms with van der Waals surface area (Å²) in [5, 5.41) is 0. The van der Waals surface area contributed by atoms with Gasteiger partial charge in [0.05, 0.1) is 7.11 Å². The molecule has 0 aromatic carbocycles. The SMILES string of the molecule is COC(=O)/C=C(\C)C#C/C=C(C)\C=C\C1=C(C)CCCC1(C)C. The Hall–Kier alpha value is -2.01. The number of esters is 1. The van der Waals surface area contributed by atoms with Gasteiger partial charge in [0, 0.05) is 11.6 Å². The third-order valence-electron chi connectivity index (χ3n) is 4.16. The molecular weight excluding hydrogens is 284 g/mol. The third-order valence-corrected chi connectivity index (χ3v) is 4.16. The van der Waals surface area contributed by atoms with E-state index in [1.54, 1.807) is 6.92 Å². The van der Waals surface area contributed by atoms with E-state index in [0.717, 1.165) is 5.57 Å². The van der Waals surface area contributed by atoms with Crippen molar-refractivity contribution >= 4 is 5.97 Å². The molecule has 1 rings (SSSR count). The smallest absolute Gasteiger partial charge is 0.331 e. The minimum Gasteiger partial charge on any atom is -0.466 e. The molecular formula is C21H28O2. The number of hydrogen-bond donors (Lipinski definition) is 0. The minimum atomic E-state index is -0.376. The zero-order chi connectivity index (χ0) is 17.5. The molecule has 1 aliphatic rings. The Morgan fingerprint density at radius 1 is 1.30 bits per heavy atom. The van der Waals surface area contributed by atoms with Crippen molar-refractivity contribution in [1.82, 2.24) is 0 Å². The summed E-state index contributed by atoms with van der Waals surface area (Å²) in [6.45, 7) is 10.7. The van der Waals surface area contributed by atoms with Gasteiger partial charge in [-0.25, -0.2) is 4.79 Å². The summed E-state index contributed by atoms with van der Waals surface area (Å²) in [6.07, 6.45) is 11.3. The predicted octanol–water partition coefficient (Wildman–Crippen LogP) is 5.14. The zero-order valence-electron chi connectivity index (χ0n) is 15.2. The van der Waals surface area contributed by atoms with Crippen LogP contribution >= 0.6 is 0 Å². The van der Waals surface area contributed by atoms with E-state index < -0.39 is 0 Å². The van der Waals surface area contributed by atoms with Crippen LogP contribution in [0.1, 0.15) is 53.9 Å². The minimum absolute atomic E-state index is 0.255. The van der Waals surface area contributed by atoms with Crippen LogP contribution in [-0.2, 0) is 9.53 Å². The maximum Gasteiger partial charge on any atom is 0.331 e. The van der Waals surface area contributed by atoms with Crippen LogP contribution in [0.25, 0.3) is 0 Å². The monoisotopic (exact) mass is 312 g/mol. The van der Waals surface area contributed by atoms with Gasteiger partial charge < -0.3 is 4.74 Å². The number of ether oxygens (including phenoxy) is 1. The zero-order valence-corrected chi connectivity index (χ0v) is 15.2. The van der Waals surface area contributed by atoms with E-state index in [1.165, 1.54) is 43.6 Å². The molecule has 0 saturated carbocycles. The standard InChI is InChI=1S/C21H28O2/c1-16(9-7-10-17(2)15-20(22)23-6)12-13-19-18(3)11-8-14-21(19,4)5/h9,12-13,15H,8,11,14H2,1-6H3/b13-12+,16-9-,17-15+. The molecule has 0 aromatic rings. The first-order valence-electron chi connectivity index (χ1n) is 8.09. The summed E-state index contributed by atoms with van der Waals surface area (Å²) in [7, 11) is 1.36. The second-order valence-electron chi connectivity index (χ2n) is 6.77. The highest BCUT2D eigenvalue weighted by Crippen LogP contribution is 2.40. The van der Waals surface area contributed by atoms with Crippen LogP contribution in [0.5, 0.6) is 0 Å². The number of methoxy groups -OCH3 is 1. The Morgan fingerprint density at radius 3 is 2.61 bits per heavy atom. The summed E-state index contributed by atoms with van der Waals surface area (Å²) in [5.74, 6) is 5.53. The average Bonchev–Trinajstić information content (AvgIpc) is 2.45. The highest BCUT2D eigenvalue weighted by Gasteiger charge is 2.26. The Bertz CT molecular complexity index is 628. The van der Waals surface area contributed by atoms with Crippen LogP contribution in [0.2, 0.25) is 0 Å². The number of carbonyl (C=O) groups excluding carboxylic acids is 1. The normalized spacial score (nSPS) is 18.7. The molecule has 1 aliphatic carbocycles. The molecule has 0 heterocycles. The summed E-state index contributed by atoms with van der Waals surface area (Å²) >= 11 is 0. The van der Waals surface area contributed by atoms with Crippen molar-refractivity contribution < 1.29 is 9.53 Å². The fourth-order valence-corrected chi connectivity index (χ4v) is 2.81. The van der Waals surface area contributed by atoms with Gasteiger partial charge in [0.1, 0.15) is 0 Å². The lowest BCUT2D eigenvalue weighted by molar-refractivity contribution is -0.134. The first-order valence-corrected chi connectivity index (χ1v) is 8.09. The number of allylic oxidation sites excluding steroid dienone is 7. The second-order valence-corrected chi connectivity index (χ2v) is 6.77. The van der Waals surface area contributed by atoms with Crippen molar-refractivity contribution in [2.75, 3.05) is 7.11 Å². The maximum atomic E-state index is 11.1. The van der Waals surface area contributed by atoms with Crippen LogP contribution in [0.15, 0.2) is 46.6 Å². The lowest BCUT2D eigenvalue weighted by Gasteiger charge is -2.32. The molecule has 0 aliphatic heterocycles. The molecule has 124 valence electrons. The Kier molecular flexibility index (Phi) is 7.10. The third kappa shape index (κ3) is 6.32. The summed E-state index contributed by atoms with van der Waals surface area (Å²) in [4.78, 5) is 11.1. The van der Waals surface area contributed by atoms with Gasteiger partial charge in [-0.3, -0.25) is 0 Å². The van der Waals surface area contributed by atoms with Crippen molar-refractivity contribution in [3.05, 3.63) is 46.6 Å². The van der Waals surface area contributed by atoms with E-state index >= 15 is 0 Å². The van der Waals surface area contributed by atoms with Gasteiger partial charge in [-0.05, 0) is 62.7 Å². The van der Waals surface area contributed by atoms with Crippen LogP contribution in [0.3, 0.4) is 0 Å². The van der Waals surface area contributed by atoms with Crippen molar-refractivity contribution in [3.8, 4) is 11.8 Å². The molecule has 0 N–H and O–H groups in total. The number of carbonyl (C=O) groups is 1. The highest BCUT2D eigenvalue weighted by atomic mass is 16.5. The molecule has 2 nitrogen and oxygen atoms in total. The van der Waals surface area contributed by atoms with E-state index in [1.807, 2.05) is 13.0 Å². The Morgan fingerprint density at radius 2 is 2.00 bits per heavy atom. The van der Waals surface area contributed by atoms with E-state index in [4.69, 9.17) is 0 Å². The van der Waals surface area contributed by atoms with Gasteiger partial charge in [-0.2, -0.15) is 0 Å². The van der Waals surface area contributed by atoms with Crippen molar-refractivity contribution in [1.29, 1.82) is 0 Å². The molecule has 0 radical (unpaired) electrons. The largest absolute Gasteiger partial charge is 0.466 e. The van der Waals surface area contributed by atoms with E-state index in [2.05, 4.69) is 49.5 Å². The van der Waals surface area contributed by atoms with Crippen molar-refractivity contribution in [3.63, 3.8) is 0 Å². The number of rotatable bonds is 3. The fourth-order valence-electron chi connectivity index (χ4n) is 2.81. The fraction of sp³-hybridized carbons (Fsp3) is 0.476. The van der Waals surface area contributed by atoms with Gasteiger partial charge in [-0.1, -0.05) is 43.4 Å². The molecule has 0 spiro atoms. The molecule has 0 amide bonds. The lowest BCUT2D eigenvalue weighted by atomic mass is 9.72. The lowest BCUT2D eigenvalue weighted by Crippen LogP contribution is -2.19. The molecule has 0 fully saturated rings. The molecule has 0 saturated heterocycles. The van der Waals surface area contributed by atoms with E-state index in [-0.39, 0.29) is 11.4 Å². The van der Waals surface area contributed by atoms with Gasteiger partial charge in [0.25, 0.3) is 0 Å². The van der Waals surface area contributed by atoms with Crippen molar-refractivity contribution in [2.24, 2.45) is 5.41 Å². The van der Waals surface area contributed by atoms with E-state index in [9.17, 15) is 4.79 Å². The average molecular weight is 312 g/mol. The second kappa shape index (κ2) is 8.58. The van der Waals surface area contributed by atoms with Crippen LogP contribution in [-0.4, -0.2) is 13.1 Å². The van der Waals surface area contributed by atoms with Gasteiger partial charge in [-0.15, -0.1) is 0 Å². The quantitative estimate of drug-likeness (QED) is 0.312. The summed E-state index contributed by atoms with van der Waals surface area (Å²) in [5.41, 5.74) is 4.99. The first kappa shape index (κ1) is 19.0. The van der Waals surface area contributed by atoms with E-state index in [0.29, 0.717) is 5.57 Å². The van der Waals surface area contributed by atoms with Gasteiger partial charge in [0.2, 0.25) is 0 Å². The molecule has 0 atom stereocenters. The van der Waals surface area contributed by atoms with Gasteiger partial charge in [0.15, 0.2) is 0 Å². The molecule has 2 heteroatoms. The van der Waals surface area contributed by atoms with Crippen LogP contribution in [0, 0.1) is 17.3 Å². The molecule has 23 heavy (non-hydrogen) atoms. The molecule has 0 bridgehead atoms. The Labute approximate surface area is 141 Å². The molecule has 0 unspecified atom stereocenters. The summed E-state index contributed by atoms with van der Waals surface area (Å²) < 4.78 is 4.57. The topological polar surface area (TPSA) is 26.3 Å². The van der Waals surface area contributed by atoms with Crippen LogP contribution < -0.4 is 0 Å². The highest BCUT2D eigenvalue weighted by molar-refractivity contribution is 5.83. The Balaban J connectivity index is 2.82. The number of hydrogen-bond acceptors (Lipinski definition) is 2. The van der Waals surface area contributed by atoms with Crippen LogP contribution in [0.4, 0.5) is 0 Å². The molecule has 0 aromatic heterocycles. The maximum absolute atomic E-state index is 11.1. The predicted molar refractivity (Wildman–Crippen MR) is 96.8 cm³/mol. The first-order chi connectivity index (χ1) is 10.8.